The molecule has 0 heterocycles. The number of thioether (sulfide) groups is 1. The SMILES string of the molecule is Cc1cccc(CSC2CCC(C#N)(NC3CC3)C2)c1. The summed E-state index contributed by atoms with van der Waals surface area (Å²) in [5, 5.41) is 13.7. The largest absolute Gasteiger partial charge is 0.297 e. The van der Waals surface area contributed by atoms with Crippen LogP contribution in [-0.2, 0) is 5.75 Å². The fourth-order valence-corrected chi connectivity index (χ4v) is 4.34. The lowest BCUT2D eigenvalue weighted by molar-refractivity contribution is 0.420. The average molecular weight is 286 g/mol. The molecule has 0 radical (unpaired) electrons. The summed E-state index contributed by atoms with van der Waals surface area (Å²) in [4.78, 5) is 0. The summed E-state index contributed by atoms with van der Waals surface area (Å²) in [6, 6.07) is 11.9. The molecule has 0 spiro atoms. The van der Waals surface area contributed by atoms with Gasteiger partial charge in [-0.25, -0.2) is 0 Å². The maximum Gasteiger partial charge on any atom is 0.108 e. The van der Waals surface area contributed by atoms with Crippen molar-refractivity contribution in [3.8, 4) is 6.07 Å². The smallest absolute Gasteiger partial charge is 0.108 e. The Kier molecular flexibility index (Phi) is 4.05. The fourth-order valence-electron chi connectivity index (χ4n) is 3.04. The Morgan fingerprint density at radius 3 is 2.95 bits per heavy atom. The molecule has 0 bridgehead atoms. The topological polar surface area (TPSA) is 35.8 Å². The normalized spacial score (nSPS) is 29.3. The third kappa shape index (κ3) is 3.37. The van der Waals surface area contributed by atoms with E-state index in [4.69, 9.17) is 0 Å². The van der Waals surface area contributed by atoms with Gasteiger partial charge in [0.2, 0.25) is 0 Å². The number of benzene rings is 1. The van der Waals surface area contributed by atoms with E-state index in [2.05, 4.69) is 42.6 Å². The van der Waals surface area contributed by atoms with Crippen molar-refractivity contribution in [3.63, 3.8) is 0 Å². The number of nitrogens with one attached hydrogen (secondary N) is 1. The maximum absolute atomic E-state index is 9.51. The third-order valence-electron chi connectivity index (χ3n) is 4.31. The number of rotatable bonds is 5. The minimum Gasteiger partial charge on any atom is -0.297 e. The fraction of sp³-hybridized carbons (Fsp3) is 0.588. The molecule has 106 valence electrons. The van der Waals surface area contributed by atoms with Crippen molar-refractivity contribution in [2.75, 3.05) is 0 Å². The van der Waals surface area contributed by atoms with Gasteiger partial charge < -0.3 is 0 Å². The molecule has 2 atom stereocenters. The van der Waals surface area contributed by atoms with E-state index in [9.17, 15) is 5.26 Å². The molecule has 3 rings (SSSR count). The van der Waals surface area contributed by atoms with Gasteiger partial charge >= 0.3 is 0 Å². The summed E-state index contributed by atoms with van der Waals surface area (Å²) in [7, 11) is 0. The van der Waals surface area contributed by atoms with Crippen molar-refractivity contribution in [1.82, 2.24) is 5.32 Å². The van der Waals surface area contributed by atoms with Gasteiger partial charge in [-0.3, -0.25) is 5.32 Å². The van der Waals surface area contributed by atoms with Crippen LogP contribution in [-0.4, -0.2) is 16.8 Å². The Balaban J connectivity index is 1.53. The second-order valence-electron chi connectivity index (χ2n) is 6.28. The van der Waals surface area contributed by atoms with Crippen LogP contribution in [0.2, 0.25) is 0 Å². The van der Waals surface area contributed by atoms with Crippen LogP contribution in [0.25, 0.3) is 0 Å². The van der Waals surface area contributed by atoms with Crippen molar-refractivity contribution in [3.05, 3.63) is 35.4 Å². The number of nitriles is 1. The lowest BCUT2D eigenvalue weighted by Crippen LogP contribution is -2.43. The standard InChI is InChI=1S/C17H22N2S/c1-13-3-2-4-14(9-13)11-20-16-7-8-17(10-16,12-18)19-15-5-6-15/h2-4,9,15-16,19H,5-8,10-11H2,1H3. The Hall–Kier alpha value is -0.980. The zero-order chi connectivity index (χ0) is 14.0. The van der Waals surface area contributed by atoms with Crippen molar-refractivity contribution in [2.45, 2.75) is 61.6 Å². The molecule has 2 unspecified atom stereocenters. The summed E-state index contributed by atoms with van der Waals surface area (Å²) >= 11 is 2.02. The van der Waals surface area contributed by atoms with Crippen LogP contribution in [0, 0.1) is 18.3 Å². The van der Waals surface area contributed by atoms with Gasteiger partial charge in [0.25, 0.3) is 0 Å². The molecule has 1 N–H and O–H groups in total. The zero-order valence-corrected chi connectivity index (χ0v) is 12.9. The summed E-state index contributed by atoms with van der Waals surface area (Å²) in [5.74, 6) is 1.07. The minimum absolute atomic E-state index is 0.231. The molecule has 20 heavy (non-hydrogen) atoms. The molecule has 1 aromatic rings. The number of nitrogens with zero attached hydrogens (tertiary/aromatic N) is 1. The highest BCUT2D eigenvalue weighted by Gasteiger charge is 2.42. The first-order valence-corrected chi connectivity index (χ1v) is 8.60. The highest BCUT2D eigenvalue weighted by molar-refractivity contribution is 7.99. The lowest BCUT2D eigenvalue weighted by atomic mass is 10.00. The van der Waals surface area contributed by atoms with E-state index in [0.29, 0.717) is 11.3 Å². The van der Waals surface area contributed by atoms with E-state index in [1.165, 1.54) is 30.4 Å². The molecule has 0 aliphatic heterocycles. The molecule has 1 aromatic carbocycles. The Morgan fingerprint density at radius 1 is 1.40 bits per heavy atom. The van der Waals surface area contributed by atoms with E-state index < -0.39 is 0 Å². The monoisotopic (exact) mass is 286 g/mol. The predicted molar refractivity (Wildman–Crippen MR) is 84.6 cm³/mol. The van der Waals surface area contributed by atoms with E-state index in [1.807, 2.05) is 11.8 Å². The van der Waals surface area contributed by atoms with Crippen molar-refractivity contribution in [1.29, 1.82) is 5.26 Å². The molecule has 2 nitrogen and oxygen atoms in total. The van der Waals surface area contributed by atoms with E-state index in [1.54, 1.807) is 0 Å². The van der Waals surface area contributed by atoms with E-state index in [0.717, 1.165) is 18.6 Å². The molecule has 0 amide bonds. The highest BCUT2D eigenvalue weighted by Crippen LogP contribution is 2.40. The number of hydrogen-bond donors (Lipinski definition) is 1. The van der Waals surface area contributed by atoms with Gasteiger partial charge in [-0.05, 0) is 44.6 Å². The van der Waals surface area contributed by atoms with Crippen LogP contribution in [0.3, 0.4) is 0 Å². The molecule has 2 aliphatic carbocycles. The molecule has 2 saturated carbocycles. The van der Waals surface area contributed by atoms with Gasteiger partial charge in [0.15, 0.2) is 0 Å². The Morgan fingerprint density at radius 2 is 2.25 bits per heavy atom. The van der Waals surface area contributed by atoms with Crippen molar-refractivity contribution in [2.24, 2.45) is 0 Å². The summed E-state index contributed by atoms with van der Waals surface area (Å²) in [6.07, 6.45) is 5.71. The van der Waals surface area contributed by atoms with Crippen molar-refractivity contribution < 1.29 is 0 Å². The summed E-state index contributed by atoms with van der Waals surface area (Å²) < 4.78 is 0. The van der Waals surface area contributed by atoms with Gasteiger partial charge in [0, 0.05) is 17.0 Å². The van der Waals surface area contributed by atoms with Crippen LogP contribution in [0.1, 0.15) is 43.2 Å². The Labute approximate surface area is 125 Å². The zero-order valence-electron chi connectivity index (χ0n) is 12.1. The van der Waals surface area contributed by atoms with Gasteiger partial charge in [-0.15, -0.1) is 0 Å². The van der Waals surface area contributed by atoms with Gasteiger partial charge in [0.1, 0.15) is 5.54 Å². The number of aryl methyl sites for hydroxylation is 1. The van der Waals surface area contributed by atoms with Gasteiger partial charge in [0.05, 0.1) is 6.07 Å². The maximum atomic E-state index is 9.51. The lowest BCUT2D eigenvalue weighted by Gasteiger charge is -2.22. The van der Waals surface area contributed by atoms with Crippen molar-refractivity contribution >= 4 is 11.8 Å². The molecule has 2 aliphatic rings. The molecule has 2 fully saturated rings. The van der Waals surface area contributed by atoms with Gasteiger partial charge in [-0.1, -0.05) is 29.8 Å². The Bertz CT molecular complexity index is 518. The third-order valence-corrected chi connectivity index (χ3v) is 5.68. The molecular formula is C17H22N2S. The first kappa shape index (κ1) is 14.0. The average Bonchev–Trinajstić information content (AvgIpc) is 3.16. The van der Waals surface area contributed by atoms with E-state index in [-0.39, 0.29) is 5.54 Å². The van der Waals surface area contributed by atoms with Crippen LogP contribution in [0.4, 0.5) is 0 Å². The quantitative estimate of drug-likeness (QED) is 0.894. The minimum atomic E-state index is -0.231. The van der Waals surface area contributed by atoms with E-state index >= 15 is 0 Å². The van der Waals surface area contributed by atoms with Gasteiger partial charge in [-0.2, -0.15) is 17.0 Å². The molecule has 3 heteroatoms. The summed E-state index contributed by atoms with van der Waals surface area (Å²) in [6.45, 7) is 2.14. The second-order valence-corrected chi connectivity index (χ2v) is 7.57. The van der Waals surface area contributed by atoms with Crippen LogP contribution in [0.5, 0.6) is 0 Å². The molecular weight excluding hydrogens is 264 g/mol. The van der Waals surface area contributed by atoms with Crippen LogP contribution < -0.4 is 5.32 Å². The molecule has 0 aromatic heterocycles. The number of hydrogen-bond acceptors (Lipinski definition) is 3. The van der Waals surface area contributed by atoms with Crippen LogP contribution in [0.15, 0.2) is 24.3 Å². The predicted octanol–water partition coefficient (Wildman–Crippen LogP) is 3.80. The first-order valence-electron chi connectivity index (χ1n) is 7.55. The first-order chi connectivity index (χ1) is 9.69. The molecule has 0 saturated heterocycles. The second kappa shape index (κ2) is 5.79. The van der Waals surface area contributed by atoms with Crippen LogP contribution >= 0.6 is 11.8 Å². The summed E-state index contributed by atoms with van der Waals surface area (Å²) in [5.41, 5.74) is 2.50. The highest BCUT2D eigenvalue weighted by atomic mass is 32.2.